The van der Waals surface area contributed by atoms with Crippen LogP contribution in [0.2, 0.25) is 0 Å². The molecule has 0 saturated heterocycles. The Balaban J connectivity index is 2.18. The molecule has 1 fully saturated rings. The van der Waals surface area contributed by atoms with Crippen molar-refractivity contribution in [1.82, 2.24) is 0 Å². The lowest BCUT2D eigenvalue weighted by Crippen LogP contribution is -2.18. The topological polar surface area (TPSA) is 35.2 Å². The Labute approximate surface area is 85.1 Å². The molecule has 14 heavy (non-hydrogen) atoms. The largest absolute Gasteiger partial charge is 0.496 e. The number of methoxy groups -OCH3 is 1. The molecule has 3 atom stereocenters. The number of benzene rings is 1. The Hall–Kier alpha value is -1.02. The molecule has 0 bridgehead atoms. The third-order valence-electron chi connectivity index (χ3n) is 3.05. The van der Waals surface area contributed by atoms with Crippen LogP contribution in [0.25, 0.3) is 0 Å². The summed E-state index contributed by atoms with van der Waals surface area (Å²) in [6.07, 6.45) is 1.21. The number of hydrogen-bond donors (Lipinski definition) is 1. The molecule has 0 aromatic heterocycles. The molecule has 1 aromatic rings. The molecule has 0 spiro atoms. The summed E-state index contributed by atoms with van der Waals surface area (Å²) in [6.45, 7) is 2.08. The summed E-state index contributed by atoms with van der Waals surface area (Å²) in [5, 5.41) is 0. The maximum atomic E-state index is 5.88. The fourth-order valence-corrected chi connectivity index (χ4v) is 2.13. The molecule has 1 aliphatic carbocycles. The highest BCUT2D eigenvalue weighted by Crippen LogP contribution is 2.51. The molecule has 0 aliphatic heterocycles. The van der Waals surface area contributed by atoms with E-state index in [4.69, 9.17) is 10.5 Å². The Kier molecular flexibility index (Phi) is 2.46. The first-order chi connectivity index (χ1) is 6.74. The molecule has 1 aliphatic rings. The van der Waals surface area contributed by atoms with Gasteiger partial charge in [-0.2, -0.15) is 0 Å². The summed E-state index contributed by atoms with van der Waals surface area (Å²) in [6, 6.07) is 8.53. The van der Waals surface area contributed by atoms with Crippen molar-refractivity contribution in [2.75, 3.05) is 7.11 Å². The number of hydrogen-bond acceptors (Lipinski definition) is 2. The lowest BCUT2D eigenvalue weighted by atomic mass is 10.1. The van der Waals surface area contributed by atoms with Crippen LogP contribution in [0.5, 0.6) is 5.75 Å². The second-order valence-corrected chi connectivity index (χ2v) is 4.11. The van der Waals surface area contributed by atoms with Crippen molar-refractivity contribution in [3.05, 3.63) is 29.8 Å². The minimum absolute atomic E-state index is 0.296. The normalized spacial score (nSPS) is 27.1. The molecule has 2 N–H and O–H groups in total. The standard InChI is InChI=1S/C12H17NO/c1-8(13)10-7-11(10)9-5-3-4-6-12(9)14-2/h3-6,8,10-11H,7,13H2,1-2H3/t8-,10+,11-/m0/s1. The zero-order chi connectivity index (χ0) is 10.1. The van der Waals surface area contributed by atoms with E-state index >= 15 is 0 Å². The first-order valence-corrected chi connectivity index (χ1v) is 5.12. The van der Waals surface area contributed by atoms with E-state index in [2.05, 4.69) is 19.1 Å². The summed E-state index contributed by atoms with van der Waals surface area (Å²) in [5.74, 6) is 2.26. The van der Waals surface area contributed by atoms with Gasteiger partial charge in [0.15, 0.2) is 0 Å². The van der Waals surface area contributed by atoms with Crippen LogP contribution in [0.3, 0.4) is 0 Å². The molecule has 0 heterocycles. The van der Waals surface area contributed by atoms with Crippen LogP contribution >= 0.6 is 0 Å². The average molecular weight is 191 g/mol. The smallest absolute Gasteiger partial charge is 0.122 e. The van der Waals surface area contributed by atoms with Gasteiger partial charge in [-0.05, 0) is 36.8 Å². The van der Waals surface area contributed by atoms with E-state index < -0.39 is 0 Å². The monoisotopic (exact) mass is 191 g/mol. The predicted octanol–water partition coefficient (Wildman–Crippen LogP) is 2.15. The van der Waals surface area contributed by atoms with Crippen molar-refractivity contribution >= 4 is 0 Å². The molecule has 2 nitrogen and oxygen atoms in total. The van der Waals surface area contributed by atoms with Crippen LogP contribution in [-0.2, 0) is 0 Å². The van der Waals surface area contributed by atoms with E-state index in [1.165, 1.54) is 12.0 Å². The van der Waals surface area contributed by atoms with E-state index in [0.717, 1.165) is 5.75 Å². The fourth-order valence-electron chi connectivity index (χ4n) is 2.13. The van der Waals surface area contributed by atoms with Crippen LogP contribution in [0, 0.1) is 5.92 Å². The highest BCUT2D eigenvalue weighted by atomic mass is 16.5. The van der Waals surface area contributed by atoms with Crippen LogP contribution < -0.4 is 10.5 Å². The van der Waals surface area contributed by atoms with Gasteiger partial charge in [0, 0.05) is 6.04 Å². The quantitative estimate of drug-likeness (QED) is 0.794. The fraction of sp³-hybridized carbons (Fsp3) is 0.500. The third kappa shape index (κ3) is 1.62. The van der Waals surface area contributed by atoms with E-state index in [-0.39, 0.29) is 0 Å². The van der Waals surface area contributed by atoms with Gasteiger partial charge >= 0.3 is 0 Å². The van der Waals surface area contributed by atoms with Crippen LogP contribution in [0.15, 0.2) is 24.3 Å². The zero-order valence-electron chi connectivity index (χ0n) is 8.73. The highest BCUT2D eigenvalue weighted by molar-refractivity contribution is 5.39. The molecule has 2 heteroatoms. The summed E-state index contributed by atoms with van der Waals surface area (Å²) < 4.78 is 5.33. The third-order valence-corrected chi connectivity index (χ3v) is 3.05. The van der Waals surface area contributed by atoms with Crippen molar-refractivity contribution in [2.24, 2.45) is 11.7 Å². The SMILES string of the molecule is COc1ccccc1[C@@H]1C[C@@H]1[C@H](C)N. The van der Waals surface area contributed by atoms with Gasteiger partial charge in [0.05, 0.1) is 7.11 Å². The van der Waals surface area contributed by atoms with E-state index in [1.807, 2.05) is 12.1 Å². The molecular weight excluding hydrogens is 174 g/mol. The van der Waals surface area contributed by atoms with Gasteiger partial charge in [0.1, 0.15) is 5.75 Å². The molecular formula is C12H17NO. The predicted molar refractivity (Wildman–Crippen MR) is 57.5 cm³/mol. The molecule has 1 saturated carbocycles. The maximum Gasteiger partial charge on any atom is 0.122 e. The molecule has 1 aromatic carbocycles. The van der Waals surface area contributed by atoms with Gasteiger partial charge in [0.25, 0.3) is 0 Å². The van der Waals surface area contributed by atoms with E-state index in [0.29, 0.717) is 17.9 Å². The number of nitrogens with two attached hydrogens (primary N) is 1. The summed E-state index contributed by atoms with van der Waals surface area (Å²) in [4.78, 5) is 0. The summed E-state index contributed by atoms with van der Waals surface area (Å²) in [7, 11) is 1.72. The first-order valence-electron chi connectivity index (χ1n) is 5.12. The highest BCUT2D eigenvalue weighted by Gasteiger charge is 2.41. The van der Waals surface area contributed by atoms with Gasteiger partial charge in [-0.1, -0.05) is 18.2 Å². The summed E-state index contributed by atoms with van der Waals surface area (Å²) >= 11 is 0. The lowest BCUT2D eigenvalue weighted by molar-refractivity contribution is 0.408. The number of ether oxygens (including phenoxy) is 1. The Morgan fingerprint density at radius 3 is 2.71 bits per heavy atom. The molecule has 0 amide bonds. The molecule has 2 rings (SSSR count). The maximum absolute atomic E-state index is 5.88. The van der Waals surface area contributed by atoms with Crippen LogP contribution in [0.4, 0.5) is 0 Å². The van der Waals surface area contributed by atoms with Gasteiger partial charge in [0.2, 0.25) is 0 Å². The summed E-state index contributed by atoms with van der Waals surface area (Å²) in [5.41, 5.74) is 7.19. The van der Waals surface area contributed by atoms with Crippen LogP contribution in [-0.4, -0.2) is 13.2 Å². The minimum atomic E-state index is 0.296. The van der Waals surface area contributed by atoms with E-state index in [9.17, 15) is 0 Å². The Morgan fingerprint density at radius 1 is 1.43 bits per heavy atom. The zero-order valence-corrected chi connectivity index (χ0v) is 8.73. The van der Waals surface area contributed by atoms with Crippen molar-refractivity contribution < 1.29 is 4.74 Å². The van der Waals surface area contributed by atoms with Gasteiger partial charge in [-0.25, -0.2) is 0 Å². The van der Waals surface area contributed by atoms with E-state index in [1.54, 1.807) is 7.11 Å². The van der Waals surface area contributed by atoms with Gasteiger partial charge in [-0.15, -0.1) is 0 Å². The second-order valence-electron chi connectivity index (χ2n) is 4.11. The molecule has 76 valence electrons. The first kappa shape index (κ1) is 9.53. The van der Waals surface area contributed by atoms with Gasteiger partial charge in [-0.3, -0.25) is 0 Å². The van der Waals surface area contributed by atoms with Crippen molar-refractivity contribution in [3.63, 3.8) is 0 Å². The minimum Gasteiger partial charge on any atom is -0.496 e. The number of rotatable bonds is 3. The Morgan fingerprint density at radius 2 is 2.14 bits per heavy atom. The van der Waals surface area contributed by atoms with Gasteiger partial charge < -0.3 is 10.5 Å². The van der Waals surface area contributed by atoms with Crippen LogP contribution in [0.1, 0.15) is 24.8 Å². The molecule has 0 radical (unpaired) electrons. The number of para-hydroxylation sites is 1. The van der Waals surface area contributed by atoms with Crippen molar-refractivity contribution in [2.45, 2.75) is 25.3 Å². The lowest BCUT2D eigenvalue weighted by Gasteiger charge is -2.08. The second kappa shape index (κ2) is 3.62. The van der Waals surface area contributed by atoms with Crippen molar-refractivity contribution in [3.8, 4) is 5.75 Å². The average Bonchev–Trinajstić information content (AvgIpc) is 2.97. The molecule has 0 unspecified atom stereocenters. The Bertz CT molecular complexity index is 322. The van der Waals surface area contributed by atoms with Crippen molar-refractivity contribution in [1.29, 1.82) is 0 Å².